The number of hydrogen-bond acceptors (Lipinski definition) is 7. The summed E-state index contributed by atoms with van der Waals surface area (Å²) in [6, 6.07) is 1.73. The van der Waals surface area contributed by atoms with Crippen molar-refractivity contribution in [3.05, 3.63) is 36.5 Å². The van der Waals surface area contributed by atoms with Gasteiger partial charge in [0.05, 0.1) is 19.5 Å². The fourth-order valence-electron chi connectivity index (χ4n) is 1.01. The van der Waals surface area contributed by atoms with Crippen LogP contribution in [0.5, 0.6) is 0 Å². The fraction of sp³-hybridized carbons (Fsp3) is 0.100. The molecule has 2 heterocycles. The smallest absolute Gasteiger partial charge is 0.358 e. The van der Waals surface area contributed by atoms with E-state index in [1.807, 2.05) is 0 Å². The van der Waals surface area contributed by atoms with E-state index >= 15 is 0 Å². The van der Waals surface area contributed by atoms with E-state index in [1.165, 1.54) is 31.3 Å². The van der Waals surface area contributed by atoms with Crippen molar-refractivity contribution in [1.82, 2.24) is 19.9 Å². The van der Waals surface area contributed by atoms with E-state index in [0.717, 1.165) is 0 Å². The summed E-state index contributed by atoms with van der Waals surface area (Å²) in [5.74, 6) is -0.509. The van der Waals surface area contributed by atoms with Crippen LogP contribution < -0.4 is 0 Å². The highest BCUT2D eigenvalue weighted by Gasteiger charge is 2.08. The number of rotatable bonds is 3. The lowest BCUT2D eigenvalue weighted by atomic mass is 10.5. The average molecular weight is 248 g/mol. The number of ether oxygens (including phenoxy) is 1. The van der Waals surface area contributed by atoms with Crippen LogP contribution in [-0.4, -0.2) is 33.0 Å². The normalized spacial score (nSPS) is 9.94. The van der Waals surface area contributed by atoms with Gasteiger partial charge in [-0.2, -0.15) is 0 Å². The van der Waals surface area contributed by atoms with Gasteiger partial charge in [-0.25, -0.2) is 24.7 Å². The van der Waals surface area contributed by atoms with Gasteiger partial charge >= 0.3 is 5.97 Å². The molecule has 0 saturated carbocycles. The third-order valence-corrected chi connectivity index (χ3v) is 2.57. The molecule has 0 unspecified atom stereocenters. The Morgan fingerprint density at radius 1 is 1.18 bits per heavy atom. The Morgan fingerprint density at radius 3 is 2.53 bits per heavy atom. The third kappa shape index (κ3) is 2.97. The molecular weight excluding hydrogens is 240 g/mol. The predicted molar refractivity (Wildman–Crippen MR) is 59.5 cm³/mol. The topological polar surface area (TPSA) is 77.9 Å². The van der Waals surface area contributed by atoms with Gasteiger partial charge in [0.1, 0.15) is 5.03 Å². The van der Waals surface area contributed by atoms with Crippen molar-refractivity contribution < 1.29 is 9.53 Å². The van der Waals surface area contributed by atoms with Crippen LogP contribution >= 0.6 is 11.8 Å². The Morgan fingerprint density at radius 2 is 1.94 bits per heavy atom. The van der Waals surface area contributed by atoms with Crippen molar-refractivity contribution in [1.29, 1.82) is 0 Å². The van der Waals surface area contributed by atoms with Crippen LogP contribution in [0.25, 0.3) is 0 Å². The molecule has 0 aliphatic heterocycles. The summed E-state index contributed by atoms with van der Waals surface area (Å²) in [6.07, 6.45) is 6.13. The Kier molecular flexibility index (Phi) is 3.61. The first kappa shape index (κ1) is 11.5. The molecule has 0 saturated heterocycles. The third-order valence-electron chi connectivity index (χ3n) is 1.76. The van der Waals surface area contributed by atoms with E-state index in [1.54, 1.807) is 18.5 Å². The lowest BCUT2D eigenvalue weighted by molar-refractivity contribution is 0.0593. The molecule has 6 nitrogen and oxygen atoms in total. The summed E-state index contributed by atoms with van der Waals surface area (Å²) in [5, 5.41) is 1.19. The molecule has 0 N–H and O–H groups in total. The summed E-state index contributed by atoms with van der Waals surface area (Å²) in [5.41, 5.74) is 0.172. The highest BCUT2D eigenvalue weighted by molar-refractivity contribution is 7.99. The van der Waals surface area contributed by atoms with Gasteiger partial charge in [0.15, 0.2) is 10.9 Å². The van der Waals surface area contributed by atoms with Gasteiger partial charge in [0, 0.05) is 12.4 Å². The van der Waals surface area contributed by atoms with Gasteiger partial charge in [-0.05, 0) is 17.8 Å². The highest BCUT2D eigenvalue weighted by Crippen LogP contribution is 2.20. The molecule has 0 fully saturated rings. The van der Waals surface area contributed by atoms with Gasteiger partial charge < -0.3 is 4.74 Å². The molecule has 7 heteroatoms. The quantitative estimate of drug-likeness (QED) is 0.596. The van der Waals surface area contributed by atoms with Crippen LogP contribution in [0, 0.1) is 0 Å². The van der Waals surface area contributed by atoms with E-state index in [4.69, 9.17) is 0 Å². The maximum atomic E-state index is 11.1. The number of nitrogens with zero attached hydrogens (tertiary/aromatic N) is 4. The monoisotopic (exact) mass is 248 g/mol. The van der Waals surface area contributed by atoms with Gasteiger partial charge in [-0.1, -0.05) is 0 Å². The Hall–Kier alpha value is -2.02. The lowest BCUT2D eigenvalue weighted by Crippen LogP contribution is -2.04. The molecule has 17 heavy (non-hydrogen) atoms. The largest absolute Gasteiger partial charge is 0.464 e. The average Bonchev–Trinajstić information content (AvgIpc) is 2.40. The summed E-state index contributed by atoms with van der Waals surface area (Å²) in [6.45, 7) is 0. The maximum absolute atomic E-state index is 11.1. The van der Waals surface area contributed by atoms with Gasteiger partial charge in [-0.3, -0.25) is 0 Å². The Labute approximate surface area is 101 Å². The summed E-state index contributed by atoms with van der Waals surface area (Å²) < 4.78 is 4.52. The van der Waals surface area contributed by atoms with Crippen LogP contribution in [0.1, 0.15) is 10.5 Å². The summed E-state index contributed by atoms with van der Waals surface area (Å²) in [7, 11) is 1.30. The van der Waals surface area contributed by atoms with Crippen molar-refractivity contribution in [3.8, 4) is 0 Å². The van der Waals surface area contributed by atoms with Gasteiger partial charge in [0.2, 0.25) is 0 Å². The minimum Gasteiger partial charge on any atom is -0.464 e. The van der Waals surface area contributed by atoms with Gasteiger partial charge in [0.25, 0.3) is 0 Å². The second-order valence-corrected chi connectivity index (χ2v) is 3.85. The van der Waals surface area contributed by atoms with Crippen molar-refractivity contribution >= 4 is 17.7 Å². The zero-order chi connectivity index (χ0) is 12.1. The molecule has 2 aromatic heterocycles. The molecule has 0 aromatic carbocycles. The maximum Gasteiger partial charge on any atom is 0.358 e. The zero-order valence-electron chi connectivity index (χ0n) is 8.90. The Balaban J connectivity index is 2.11. The second kappa shape index (κ2) is 5.35. The van der Waals surface area contributed by atoms with Crippen molar-refractivity contribution in [2.24, 2.45) is 0 Å². The minimum atomic E-state index is -0.509. The number of carbonyl (C=O) groups excluding carboxylic acids is 1. The van der Waals surface area contributed by atoms with Crippen LogP contribution in [0.2, 0.25) is 0 Å². The highest BCUT2D eigenvalue weighted by atomic mass is 32.2. The molecule has 0 bridgehead atoms. The van der Waals surface area contributed by atoms with E-state index in [2.05, 4.69) is 24.7 Å². The summed E-state index contributed by atoms with van der Waals surface area (Å²) >= 11 is 1.27. The molecule has 2 rings (SSSR count). The van der Waals surface area contributed by atoms with E-state index < -0.39 is 5.97 Å². The van der Waals surface area contributed by atoms with Crippen LogP contribution in [0.15, 0.2) is 41.0 Å². The standard InChI is InChI=1S/C10H8N4O2S/c1-16-9(15)7-5-14-8(6-13-7)17-10-11-3-2-4-12-10/h2-6H,1H3. The molecule has 0 amide bonds. The van der Waals surface area contributed by atoms with Crippen LogP contribution in [0.4, 0.5) is 0 Å². The van der Waals surface area contributed by atoms with Gasteiger partial charge in [-0.15, -0.1) is 0 Å². The summed E-state index contributed by atoms with van der Waals surface area (Å²) in [4.78, 5) is 27.2. The number of hydrogen-bond donors (Lipinski definition) is 0. The zero-order valence-corrected chi connectivity index (χ0v) is 9.72. The van der Waals surface area contributed by atoms with Crippen molar-refractivity contribution in [3.63, 3.8) is 0 Å². The van der Waals surface area contributed by atoms with Crippen molar-refractivity contribution in [2.45, 2.75) is 10.2 Å². The number of aromatic nitrogens is 4. The SMILES string of the molecule is COC(=O)c1cnc(Sc2ncccn2)cn1. The molecule has 0 spiro atoms. The van der Waals surface area contributed by atoms with E-state index in [-0.39, 0.29) is 5.69 Å². The number of methoxy groups -OCH3 is 1. The first-order valence-electron chi connectivity index (χ1n) is 4.65. The molecule has 0 aliphatic carbocycles. The molecule has 2 aromatic rings. The lowest BCUT2D eigenvalue weighted by Gasteiger charge is -2.00. The number of esters is 1. The number of carbonyl (C=O) groups is 1. The first-order chi connectivity index (χ1) is 8.29. The fourth-order valence-corrected chi connectivity index (χ4v) is 1.64. The van der Waals surface area contributed by atoms with E-state index in [0.29, 0.717) is 10.2 Å². The first-order valence-corrected chi connectivity index (χ1v) is 5.46. The molecular formula is C10H8N4O2S. The Bertz CT molecular complexity index is 503. The van der Waals surface area contributed by atoms with E-state index in [9.17, 15) is 4.79 Å². The molecule has 86 valence electrons. The predicted octanol–water partition coefficient (Wildman–Crippen LogP) is 1.20. The minimum absolute atomic E-state index is 0.172. The van der Waals surface area contributed by atoms with Crippen LogP contribution in [0.3, 0.4) is 0 Å². The second-order valence-electron chi connectivity index (χ2n) is 2.86. The molecule has 0 atom stereocenters. The molecule has 0 aliphatic rings. The van der Waals surface area contributed by atoms with Crippen molar-refractivity contribution in [2.75, 3.05) is 7.11 Å². The van der Waals surface area contributed by atoms with Crippen LogP contribution in [-0.2, 0) is 4.74 Å². The molecule has 0 radical (unpaired) electrons.